The van der Waals surface area contributed by atoms with Crippen molar-refractivity contribution in [3.05, 3.63) is 74.4 Å². The molecule has 1 aliphatic rings. The van der Waals surface area contributed by atoms with Crippen LogP contribution in [-0.2, 0) is 18.9 Å². The summed E-state index contributed by atoms with van der Waals surface area (Å²) in [6.07, 6.45) is -4.55. The lowest BCUT2D eigenvalue weighted by atomic mass is 9.85. The van der Waals surface area contributed by atoms with E-state index in [2.05, 4.69) is 20.4 Å². The monoisotopic (exact) mass is 597 g/mol. The average Bonchev–Trinajstić information content (AvgIpc) is 2.89. The highest BCUT2D eigenvalue weighted by Crippen LogP contribution is 2.35. The number of nitrogens with two attached hydrogens (primary N) is 1. The summed E-state index contributed by atoms with van der Waals surface area (Å²) in [5.41, 5.74) is 0.231. The lowest BCUT2D eigenvalue weighted by molar-refractivity contribution is -0.138. The van der Waals surface area contributed by atoms with E-state index in [0.29, 0.717) is 37.3 Å². The van der Waals surface area contributed by atoms with Gasteiger partial charge < -0.3 is 15.6 Å². The van der Waals surface area contributed by atoms with Gasteiger partial charge in [0.1, 0.15) is 22.8 Å². The number of anilines is 2. The Bertz CT molecular complexity index is 1770. The van der Waals surface area contributed by atoms with Gasteiger partial charge in [-0.1, -0.05) is 6.42 Å². The van der Waals surface area contributed by atoms with Crippen LogP contribution >= 0.6 is 0 Å². The number of H-pyrrole nitrogens is 1. The molecule has 4 aromatic rings. The van der Waals surface area contributed by atoms with Crippen LogP contribution in [0.2, 0.25) is 0 Å². The molecule has 0 spiro atoms. The number of nitrogens with one attached hydrogen (secondary N) is 2. The maximum atomic E-state index is 15.0. The lowest BCUT2D eigenvalue weighted by Gasteiger charge is -2.31. The van der Waals surface area contributed by atoms with Gasteiger partial charge in [-0.2, -0.15) is 31.4 Å². The molecular weight excluding hydrogens is 575 g/mol. The molecule has 0 bridgehead atoms. The zero-order valence-corrected chi connectivity index (χ0v) is 21.5. The fourth-order valence-corrected chi connectivity index (χ4v) is 5.24. The highest BCUT2D eigenvalue weighted by Gasteiger charge is 2.38. The number of aromatic amines is 1. The summed E-state index contributed by atoms with van der Waals surface area (Å²) >= 11 is 0. The number of pyridine rings is 1. The van der Waals surface area contributed by atoms with E-state index < -0.39 is 58.0 Å². The van der Waals surface area contributed by atoms with Crippen molar-refractivity contribution in [1.82, 2.24) is 24.7 Å². The fraction of sp³-hybridized carbons (Fsp3) is 0.346. The number of rotatable bonds is 5. The molecule has 0 aliphatic heterocycles. The molecule has 3 heterocycles. The molecule has 1 fully saturated rings. The molecule has 4 N–H and O–H groups in total. The number of nitrogen functional groups attached to an aromatic ring is 1. The van der Waals surface area contributed by atoms with Crippen molar-refractivity contribution < 1.29 is 30.7 Å². The average molecular weight is 597 g/mol. The quantitative estimate of drug-likeness (QED) is 0.277. The molecular formula is C26H22F7N7O2. The van der Waals surface area contributed by atoms with Crippen molar-refractivity contribution >= 4 is 22.3 Å². The summed E-state index contributed by atoms with van der Waals surface area (Å²) in [5.74, 6) is -2.31. The third-order valence-electron chi connectivity index (χ3n) is 7.17. The predicted molar refractivity (Wildman–Crippen MR) is 138 cm³/mol. The van der Waals surface area contributed by atoms with Crippen LogP contribution in [0.3, 0.4) is 0 Å². The minimum atomic E-state index is -4.88. The van der Waals surface area contributed by atoms with E-state index in [0.717, 1.165) is 12.3 Å². The zero-order chi connectivity index (χ0) is 30.4. The maximum Gasteiger partial charge on any atom is 0.423 e. The number of aromatic nitrogens is 5. The van der Waals surface area contributed by atoms with Crippen LogP contribution in [0, 0.1) is 11.7 Å². The predicted octanol–water partition coefficient (Wildman–Crippen LogP) is 4.97. The molecule has 0 saturated heterocycles. The summed E-state index contributed by atoms with van der Waals surface area (Å²) in [4.78, 5) is 32.2. The number of benzene rings is 1. The van der Waals surface area contributed by atoms with Gasteiger partial charge in [-0.15, -0.1) is 0 Å². The van der Waals surface area contributed by atoms with Crippen molar-refractivity contribution in [2.24, 2.45) is 5.92 Å². The van der Waals surface area contributed by atoms with E-state index in [4.69, 9.17) is 5.73 Å². The molecule has 2 atom stereocenters. The Kier molecular flexibility index (Phi) is 7.41. The van der Waals surface area contributed by atoms with E-state index >= 15 is 4.39 Å². The SMILES string of the molecule is Nc1nc(-c2cc3ccn(C[C@H]4CCC[C@H](Nc5cn[nH]c(=O)c5C(F)(F)F)C4)c(=O)c3cc2F)ncc1C(F)(F)F. The largest absolute Gasteiger partial charge is 0.423 e. The summed E-state index contributed by atoms with van der Waals surface area (Å²) in [6.45, 7) is 0.203. The fourth-order valence-electron chi connectivity index (χ4n) is 5.24. The molecule has 1 saturated carbocycles. The Morgan fingerprint density at radius 3 is 2.52 bits per heavy atom. The minimum absolute atomic E-state index is 0.00789. The van der Waals surface area contributed by atoms with E-state index in [-0.39, 0.29) is 29.2 Å². The molecule has 16 heteroatoms. The Labute approximate surface area is 231 Å². The zero-order valence-electron chi connectivity index (χ0n) is 21.5. The van der Waals surface area contributed by atoms with Gasteiger partial charge in [-0.25, -0.2) is 19.5 Å². The van der Waals surface area contributed by atoms with Crippen molar-refractivity contribution in [2.45, 2.75) is 50.6 Å². The standard InChI is InChI=1S/C26H22F7N7O2/c27-18-8-15-13(7-16(18)22-35-9-17(21(34)38-22)25(28,29)30)4-5-40(24(15)42)11-12-2-1-3-14(6-12)37-19-10-36-39-23(41)20(19)26(31,32)33/h4-5,7-10,12,14H,1-3,6,11H2,(H2,34,35,38)(H2,37,39,41)/t12-,14-/m0/s1. The second kappa shape index (κ2) is 10.7. The Morgan fingerprint density at radius 1 is 1.07 bits per heavy atom. The number of fused-ring (bicyclic) bond motifs is 1. The van der Waals surface area contributed by atoms with Crippen LogP contribution in [0.5, 0.6) is 0 Å². The second-order valence-corrected chi connectivity index (χ2v) is 10.0. The first kappa shape index (κ1) is 29.0. The van der Waals surface area contributed by atoms with Gasteiger partial charge >= 0.3 is 12.4 Å². The summed E-state index contributed by atoms with van der Waals surface area (Å²) in [5, 5.41) is 8.33. The van der Waals surface area contributed by atoms with Crippen LogP contribution in [0.15, 0.2) is 46.4 Å². The summed E-state index contributed by atoms with van der Waals surface area (Å²) in [6, 6.07) is 3.31. The van der Waals surface area contributed by atoms with E-state index in [1.807, 2.05) is 0 Å². The van der Waals surface area contributed by atoms with Gasteiger partial charge in [0.25, 0.3) is 11.1 Å². The normalized spacial score (nSPS) is 17.9. The number of halogens is 7. The Morgan fingerprint density at radius 2 is 1.83 bits per heavy atom. The third kappa shape index (κ3) is 5.78. The topological polar surface area (TPSA) is 132 Å². The minimum Gasteiger partial charge on any atom is -0.383 e. The van der Waals surface area contributed by atoms with Crippen LogP contribution in [0.25, 0.3) is 22.2 Å². The van der Waals surface area contributed by atoms with Crippen LogP contribution in [-0.4, -0.2) is 30.8 Å². The highest BCUT2D eigenvalue weighted by atomic mass is 19.4. The molecule has 0 amide bonds. The molecule has 42 heavy (non-hydrogen) atoms. The van der Waals surface area contributed by atoms with Gasteiger partial charge in [0, 0.05) is 25.0 Å². The maximum absolute atomic E-state index is 15.0. The molecule has 1 aliphatic carbocycles. The third-order valence-corrected chi connectivity index (χ3v) is 7.17. The van der Waals surface area contributed by atoms with Gasteiger partial charge in [0.2, 0.25) is 0 Å². The molecule has 1 aromatic carbocycles. The molecule has 0 unspecified atom stereocenters. The number of alkyl halides is 6. The first-order valence-corrected chi connectivity index (χ1v) is 12.7. The summed E-state index contributed by atoms with van der Waals surface area (Å²) in [7, 11) is 0. The van der Waals surface area contributed by atoms with Crippen LogP contribution < -0.4 is 22.2 Å². The van der Waals surface area contributed by atoms with Gasteiger partial charge in [-0.3, -0.25) is 9.59 Å². The highest BCUT2D eigenvalue weighted by molar-refractivity contribution is 5.86. The lowest BCUT2D eigenvalue weighted by Crippen LogP contribution is -2.33. The van der Waals surface area contributed by atoms with Gasteiger partial charge in [0.05, 0.1) is 22.8 Å². The van der Waals surface area contributed by atoms with E-state index in [9.17, 15) is 35.9 Å². The van der Waals surface area contributed by atoms with Crippen molar-refractivity contribution in [3.63, 3.8) is 0 Å². The summed E-state index contributed by atoms with van der Waals surface area (Å²) < 4.78 is 95.6. The van der Waals surface area contributed by atoms with E-state index in [1.165, 1.54) is 22.9 Å². The number of nitrogens with zero attached hydrogens (tertiary/aromatic N) is 4. The van der Waals surface area contributed by atoms with Crippen molar-refractivity contribution in [1.29, 1.82) is 0 Å². The van der Waals surface area contributed by atoms with Gasteiger partial charge in [0.15, 0.2) is 5.82 Å². The van der Waals surface area contributed by atoms with Crippen molar-refractivity contribution in [3.8, 4) is 11.4 Å². The molecule has 5 rings (SSSR count). The van der Waals surface area contributed by atoms with Crippen LogP contribution in [0.1, 0.15) is 36.8 Å². The van der Waals surface area contributed by atoms with Crippen LogP contribution in [0.4, 0.5) is 42.2 Å². The first-order valence-electron chi connectivity index (χ1n) is 12.7. The molecule has 0 radical (unpaired) electrons. The molecule has 9 nitrogen and oxygen atoms in total. The molecule has 3 aromatic heterocycles. The van der Waals surface area contributed by atoms with Gasteiger partial charge in [-0.05, 0) is 48.8 Å². The smallest absolute Gasteiger partial charge is 0.383 e. The number of hydrogen-bond acceptors (Lipinski definition) is 7. The second-order valence-electron chi connectivity index (χ2n) is 10.0. The number of hydrogen-bond donors (Lipinski definition) is 3. The Hall–Kier alpha value is -4.50. The van der Waals surface area contributed by atoms with Crippen molar-refractivity contribution in [2.75, 3.05) is 11.1 Å². The Balaban J connectivity index is 1.37. The molecule has 222 valence electrons. The van der Waals surface area contributed by atoms with E-state index in [1.54, 1.807) is 5.10 Å². The first-order chi connectivity index (χ1) is 19.7.